The van der Waals surface area contributed by atoms with Crippen molar-refractivity contribution in [3.63, 3.8) is 0 Å². The van der Waals surface area contributed by atoms with Crippen molar-refractivity contribution in [3.8, 4) is 0 Å². The Balaban J connectivity index is 2.13. The predicted octanol–water partition coefficient (Wildman–Crippen LogP) is 2.67. The van der Waals surface area contributed by atoms with Crippen LogP contribution in [0.4, 0.5) is 26.2 Å². The lowest BCUT2D eigenvalue weighted by Gasteiger charge is -2.30. The van der Waals surface area contributed by atoms with Gasteiger partial charge in [-0.15, -0.1) is 0 Å². The highest BCUT2D eigenvalue weighted by Crippen LogP contribution is 2.36. The highest BCUT2D eigenvalue weighted by atomic mass is 35.5. The molecule has 132 valence electrons. The summed E-state index contributed by atoms with van der Waals surface area (Å²) in [5.41, 5.74) is 0.587. The van der Waals surface area contributed by atoms with E-state index in [1.807, 2.05) is 0 Å². The first-order chi connectivity index (χ1) is 11.9. The molecular weight excluding hydrogens is 354 g/mol. The smallest absolute Gasteiger partial charge is 0.232 e. The summed E-state index contributed by atoms with van der Waals surface area (Å²) in [5, 5.41) is 19.2. The van der Waals surface area contributed by atoms with Gasteiger partial charge in [-0.3, -0.25) is 4.90 Å². The average Bonchev–Trinajstić information content (AvgIpc) is 2.55. The Morgan fingerprint density at radius 1 is 1.36 bits per heavy atom. The van der Waals surface area contributed by atoms with E-state index in [1.54, 1.807) is 12.2 Å². The minimum absolute atomic E-state index is 0.0101. The number of aromatic nitrogens is 2. The lowest BCUT2D eigenvalue weighted by molar-refractivity contribution is 0.149. The normalized spacial score (nSPS) is 14.4. The van der Waals surface area contributed by atoms with Crippen molar-refractivity contribution in [1.82, 2.24) is 9.97 Å². The van der Waals surface area contributed by atoms with Crippen LogP contribution in [0.1, 0.15) is 12.5 Å². The Morgan fingerprint density at radius 2 is 2.12 bits per heavy atom. The summed E-state index contributed by atoms with van der Waals surface area (Å²) in [5.74, 6) is -1.14. The SMILES string of the molecule is CC(O)N(CO)c1nc(Cl)c2c(n1)N(c1ccc(F)cc1F)CC=C2. The summed E-state index contributed by atoms with van der Waals surface area (Å²) in [6.07, 6.45) is 2.39. The van der Waals surface area contributed by atoms with Gasteiger partial charge in [-0.05, 0) is 19.1 Å². The Hall–Kier alpha value is -2.29. The minimum Gasteiger partial charge on any atom is -0.376 e. The van der Waals surface area contributed by atoms with Gasteiger partial charge in [0.15, 0.2) is 0 Å². The number of halogens is 3. The van der Waals surface area contributed by atoms with Gasteiger partial charge >= 0.3 is 0 Å². The third-order valence-corrected chi connectivity index (χ3v) is 4.04. The Bertz CT molecular complexity index is 832. The fourth-order valence-corrected chi connectivity index (χ4v) is 2.74. The van der Waals surface area contributed by atoms with Crippen LogP contribution in [0.5, 0.6) is 0 Å². The molecule has 0 fully saturated rings. The van der Waals surface area contributed by atoms with E-state index in [9.17, 15) is 19.0 Å². The molecule has 0 saturated carbocycles. The molecule has 25 heavy (non-hydrogen) atoms. The van der Waals surface area contributed by atoms with Gasteiger partial charge in [0, 0.05) is 12.6 Å². The summed E-state index contributed by atoms with van der Waals surface area (Å²) < 4.78 is 27.4. The molecule has 0 amide bonds. The first-order valence-corrected chi connectivity index (χ1v) is 7.82. The largest absolute Gasteiger partial charge is 0.376 e. The van der Waals surface area contributed by atoms with Gasteiger partial charge in [-0.2, -0.15) is 4.98 Å². The molecular formula is C16H15ClF2N4O2. The van der Waals surface area contributed by atoms with Crippen molar-refractivity contribution in [3.05, 3.63) is 46.6 Å². The molecule has 9 heteroatoms. The van der Waals surface area contributed by atoms with Crippen molar-refractivity contribution >= 4 is 35.1 Å². The standard InChI is InChI=1S/C16H15ClF2N4O2/c1-9(25)23(8-24)16-20-14(17)11-3-2-6-22(15(11)21-16)13-5-4-10(18)7-12(13)19/h2-5,7,9,24-25H,6,8H2,1H3. The van der Waals surface area contributed by atoms with Crippen molar-refractivity contribution in [2.24, 2.45) is 0 Å². The molecule has 0 saturated heterocycles. The molecule has 6 nitrogen and oxygen atoms in total. The van der Waals surface area contributed by atoms with Gasteiger partial charge in [0.25, 0.3) is 0 Å². The van der Waals surface area contributed by atoms with Crippen LogP contribution in [0, 0.1) is 11.6 Å². The molecule has 2 heterocycles. The number of hydrogen-bond donors (Lipinski definition) is 2. The second-order valence-electron chi connectivity index (χ2n) is 5.40. The Kier molecular flexibility index (Phi) is 4.85. The van der Waals surface area contributed by atoms with Gasteiger partial charge in [0.1, 0.15) is 35.6 Å². The van der Waals surface area contributed by atoms with E-state index < -0.39 is 24.6 Å². The van der Waals surface area contributed by atoms with Crippen LogP contribution in [0.2, 0.25) is 5.15 Å². The quantitative estimate of drug-likeness (QED) is 0.638. The highest BCUT2D eigenvalue weighted by Gasteiger charge is 2.25. The van der Waals surface area contributed by atoms with Crippen LogP contribution in [0.3, 0.4) is 0 Å². The zero-order chi connectivity index (χ0) is 18.1. The maximum atomic E-state index is 14.2. The van der Waals surface area contributed by atoms with E-state index in [0.29, 0.717) is 11.4 Å². The Morgan fingerprint density at radius 3 is 2.76 bits per heavy atom. The molecule has 3 rings (SSSR count). The van der Waals surface area contributed by atoms with E-state index in [0.717, 1.165) is 17.0 Å². The van der Waals surface area contributed by atoms with Gasteiger partial charge in [0.05, 0.1) is 11.3 Å². The maximum absolute atomic E-state index is 14.2. The van der Waals surface area contributed by atoms with Gasteiger partial charge in [0.2, 0.25) is 5.95 Å². The predicted molar refractivity (Wildman–Crippen MR) is 90.7 cm³/mol. The van der Waals surface area contributed by atoms with Gasteiger partial charge in [-0.25, -0.2) is 13.8 Å². The van der Waals surface area contributed by atoms with Crippen molar-refractivity contribution < 1.29 is 19.0 Å². The van der Waals surface area contributed by atoms with E-state index in [4.69, 9.17) is 11.6 Å². The molecule has 1 unspecified atom stereocenters. The average molecular weight is 369 g/mol. The highest BCUT2D eigenvalue weighted by molar-refractivity contribution is 6.31. The molecule has 2 aromatic rings. The number of rotatable bonds is 4. The number of hydrogen-bond acceptors (Lipinski definition) is 6. The van der Waals surface area contributed by atoms with Crippen molar-refractivity contribution in [2.75, 3.05) is 23.1 Å². The number of aliphatic hydroxyl groups excluding tert-OH is 2. The third kappa shape index (κ3) is 3.28. The number of nitrogens with zero attached hydrogens (tertiary/aromatic N) is 4. The van der Waals surface area contributed by atoms with Crippen LogP contribution in [-0.2, 0) is 0 Å². The minimum atomic E-state index is -1.06. The van der Waals surface area contributed by atoms with Gasteiger partial charge in [-0.1, -0.05) is 23.8 Å². The second kappa shape index (κ2) is 6.91. The van der Waals surface area contributed by atoms with E-state index in [1.165, 1.54) is 17.9 Å². The van der Waals surface area contributed by atoms with Crippen LogP contribution in [0.25, 0.3) is 6.08 Å². The van der Waals surface area contributed by atoms with Crippen molar-refractivity contribution in [2.45, 2.75) is 13.2 Å². The maximum Gasteiger partial charge on any atom is 0.232 e. The lowest BCUT2D eigenvalue weighted by atomic mass is 10.1. The molecule has 0 aliphatic carbocycles. The molecule has 0 bridgehead atoms. The first kappa shape index (κ1) is 17.5. The molecule has 0 radical (unpaired) electrons. The van der Waals surface area contributed by atoms with E-state index in [-0.39, 0.29) is 23.3 Å². The molecule has 1 aliphatic heterocycles. The molecule has 1 aromatic carbocycles. The molecule has 0 spiro atoms. The third-order valence-electron chi connectivity index (χ3n) is 3.76. The monoisotopic (exact) mass is 368 g/mol. The summed E-state index contributed by atoms with van der Waals surface area (Å²) in [6.45, 7) is 1.19. The molecule has 1 atom stereocenters. The van der Waals surface area contributed by atoms with Crippen LogP contribution >= 0.6 is 11.6 Å². The van der Waals surface area contributed by atoms with Crippen molar-refractivity contribution in [1.29, 1.82) is 0 Å². The Labute approximate surface area is 147 Å². The molecule has 1 aromatic heterocycles. The fourth-order valence-electron chi connectivity index (χ4n) is 2.52. The summed E-state index contributed by atoms with van der Waals surface area (Å²) >= 11 is 6.20. The second-order valence-corrected chi connectivity index (χ2v) is 5.76. The van der Waals surface area contributed by atoms with Crippen LogP contribution < -0.4 is 9.80 Å². The summed E-state index contributed by atoms with van der Waals surface area (Å²) in [4.78, 5) is 11.0. The van der Waals surface area contributed by atoms with E-state index in [2.05, 4.69) is 9.97 Å². The van der Waals surface area contributed by atoms with Gasteiger partial charge < -0.3 is 15.1 Å². The summed E-state index contributed by atoms with van der Waals surface area (Å²) in [6, 6.07) is 3.24. The molecule has 1 aliphatic rings. The number of benzene rings is 1. The number of fused-ring (bicyclic) bond motifs is 1. The van der Waals surface area contributed by atoms with E-state index >= 15 is 0 Å². The zero-order valence-electron chi connectivity index (χ0n) is 13.2. The topological polar surface area (TPSA) is 72.7 Å². The fraction of sp³-hybridized carbons (Fsp3) is 0.250. The lowest BCUT2D eigenvalue weighted by Crippen LogP contribution is -2.36. The van der Waals surface area contributed by atoms with Crippen LogP contribution in [-0.4, -0.2) is 39.7 Å². The number of anilines is 3. The first-order valence-electron chi connectivity index (χ1n) is 7.44. The zero-order valence-corrected chi connectivity index (χ0v) is 14.0. The molecule has 2 N–H and O–H groups in total. The summed E-state index contributed by atoms with van der Waals surface area (Å²) in [7, 11) is 0. The van der Waals surface area contributed by atoms with Crippen LogP contribution in [0.15, 0.2) is 24.3 Å². The number of aliphatic hydroxyl groups is 2.